The average molecular weight is 137 g/mol. The van der Waals surface area contributed by atoms with Crippen LogP contribution in [0.1, 0.15) is 27.7 Å². The van der Waals surface area contributed by atoms with Crippen molar-refractivity contribution in [1.29, 1.82) is 5.41 Å². The molecule has 1 nitrogen and oxygen atoms in total. The molecular weight excluding hydrogens is 122 g/mol. The average Bonchev–Trinajstić information content (AvgIpc) is 1.87. The minimum atomic E-state index is 0.649. The summed E-state index contributed by atoms with van der Waals surface area (Å²) in [6.07, 6.45) is 4.01. The zero-order valence-corrected chi connectivity index (χ0v) is 7.15. The van der Waals surface area contributed by atoms with Crippen molar-refractivity contribution >= 4 is 5.71 Å². The molecule has 0 atom stereocenters. The van der Waals surface area contributed by atoms with E-state index in [1.54, 1.807) is 0 Å². The van der Waals surface area contributed by atoms with Gasteiger partial charge in [-0.1, -0.05) is 12.2 Å². The zero-order chi connectivity index (χ0) is 8.15. The van der Waals surface area contributed by atoms with E-state index in [1.807, 2.05) is 39.8 Å². The van der Waals surface area contributed by atoms with Crippen molar-refractivity contribution in [3.8, 4) is 0 Å². The van der Waals surface area contributed by atoms with Crippen molar-refractivity contribution in [2.75, 3.05) is 0 Å². The Morgan fingerprint density at radius 3 is 2.00 bits per heavy atom. The summed E-state index contributed by atoms with van der Waals surface area (Å²) in [6, 6.07) is 0. The molecule has 0 heterocycles. The second-order valence-electron chi connectivity index (χ2n) is 2.43. The van der Waals surface area contributed by atoms with Gasteiger partial charge in [-0.3, -0.25) is 0 Å². The van der Waals surface area contributed by atoms with Crippen LogP contribution in [0.15, 0.2) is 23.3 Å². The van der Waals surface area contributed by atoms with Crippen LogP contribution < -0.4 is 0 Å². The third kappa shape index (κ3) is 2.62. The first kappa shape index (κ1) is 9.15. The van der Waals surface area contributed by atoms with E-state index in [4.69, 9.17) is 5.41 Å². The molecule has 0 bridgehead atoms. The van der Waals surface area contributed by atoms with Crippen LogP contribution in [-0.2, 0) is 0 Å². The zero-order valence-electron chi connectivity index (χ0n) is 7.15. The van der Waals surface area contributed by atoms with Crippen LogP contribution in [0.2, 0.25) is 0 Å². The lowest BCUT2D eigenvalue weighted by Gasteiger charge is -1.99. The molecule has 0 aliphatic rings. The molecular formula is C9H15N. The van der Waals surface area contributed by atoms with Crippen LogP contribution in [0, 0.1) is 5.41 Å². The molecule has 0 aromatic carbocycles. The molecule has 0 spiro atoms. The van der Waals surface area contributed by atoms with Crippen LogP contribution in [0.4, 0.5) is 0 Å². The Morgan fingerprint density at radius 1 is 1.20 bits per heavy atom. The molecule has 56 valence electrons. The van der Waals surface area contributed by atoms with Crippen molar-refractivity contribution in [2.24, 2.45) is 0 Å². The van der Waals surface area contributed by atoms with E-state index in [0.29, 0.717) is 5.71 Å². The molecule has 0 fully saturated rings. The smallest absolute Gasteiger partial charge is 0.0314 e. The summed E-state index contributed by atoms with van der Waals surface area (Å²) in [6.45, 7) is 7.78. The van der Waals surface area contributed by atoms with Crippen molar-refractivity contribution in [3.05, 3.63) is 23.3 Å². The van der Waals surface area contributed by atoms with Crippen molar-refractivity contribution < 1.29 is 0 Å². The van der Waals surface area contributed by atoms with Gasteiger partial charge >= 0.3 is 0 Å². The Balaban J connectivity index is 4.50. The predicted octanol–water partition coefficient (Wildman–Crippen LogP) is 2.94. The van der Waals surface area contributed by atoms with Crippen molar-refractivity contribution in [2.45, 2.75) is 27.7 Å². The van der Waals surface area contributed by atoms with E-state index in [-0.39, 0.29) is 0 Å². The maximum Gasteiger partial charge on any atom is 0.0314 e. The van der Waals surface area contributed by atoms with Gasteiger partial charge in [-0.2, -0.15) is 0 Å². The summed E-state index contributed by atoms with van der Waals surface area (Å²) >= 11 is 0. The molecule has 0 saturated carbocycles. The van der Waals surface area contributed by atoms with Gasteiger partial charge in [-0.15, -0.1) is 0 Å². The summed E-state index contributed by atoms with van der Waals surface area (Å²) < 4.78 is 0. The van der Waals surface area contributed by atoms with Gasteiger partial charge in [-0.05, 0) is 38.8 Å². The third-order valence-corrected chi connectivity index (χ3v) is 1.57. The second-order valence-corrected chi connectivity index (χ2v) is 2.43. The number of hydrogen-bond donors (Lipinski definition) is 1. The minimum Gasteiger partial charge on any atom is -0.305 e. The molecule has 0 amide bonds. The number of allylic oxidation sites excluding steroid dienone is 4. The van der Waals surface area contributed by atoms with Gasteiger partial charge in [0.05, 0.1) is 0 Å². The molecule has 0 aliphatic heterocycles. The van der Waals surface area contributed by atoms with Gasteiger partial charge in [0.25, 0.3) is 0 Å². The fraction of sp³-hybridized carbons (Fsp3) is 0.444. The Kier molecular flexibility index (Phi) is 3.70. The number of rotatable bonds is 2. The van der Waals surface area contributed by atoms with E-state index < -0.39 is 0 Å². The topological polar surface area (TPSA) is 23.9 Å². The molecule has 0 unspecified atom stereocenters. The van der Waals surface area contributed by atoms with Crippen LogP contribution in [0.25, 0.3) is 0 Å². The van der Waals surface area contributed by atoms with Crippen LogP contribution in [0.5, 0.6) is 0 Å². The lowest BCUT2D eigenvalue weighted by atomic mass is 10.1. The number of nitrogens with one attached hydrogen (secondary N) is 1. The van der Waals surface area contributed by atoms with Crippen LogP contribution in [0.3, 0.4) is 0 Å². The third-order valence-electron chi connectivity index (χ3n) is 1.57. The Hall–Kier alpha value is -0.850. The quantitative estimate of drug-likeness (QED) is 0.447. The maximum atomic E-state index is 7.32. The maximum absolute atomic E-state index is 7.32. The second kappa shape index (κ2) is 4.04. The highest BCUT2D eigenvalue weighted by Gasteiger charge is 1.93. The molecule has 1 N–H and O–H groups in total. The fourth-order valence-electron chi connectivity index (χ4n) is 0.671. The summed E-state index contributed by atoms with van der Waals surface area (Å²) in [4.78, 5) is 0. The van der Waals surface area contributed by atoms with Gasteiger partial charge < -0.3 is 5.41 Å². The summed E-state index contributed by atoms with van der Waals surface area (Å²) in [5.74, 6) is 0. The molecule has 10 heavy (non-hydrogen) atoms. The normalized spacial score (nSPS) is 13.6. The molecule has 0 saturated heterocycles. The van der Waals surface area contributed by atoms with Crippen molar-refractivity contribution in [1.82, 2.24) is 0 Å². The monoisotopic (exact) mass is 137 g/mol. The lowest BCUT2D eigenvalue weighted by molar-refractivity contribution is 1.35. The van der Waals surface area contributed by atoms with Gasteiger partial charge in [-0.25, -0.2) is 0 Å². The highest BCUT2D eigenvalue weighted by Crippen LogP contribution is 2.05. The standard InChI is InChI=1S/C9H15N/c1-5-6-7(2)8(3)9(4)10/h5-6,10H,1-4H3/b6-5-,8-7-,10-9?. The Morgan fingerprint density at radius 2 is 1.70 bits per heavy atom. The SMILES string of the molecule is C/C=C\C(C)=C(\C)C(C)=N. The van der Waals surface area contributed by atoms with Gasteiger partial charge in [0, 0.05) is 5.71 Å². The first-order chi connectivity index (χ1) is 4.59. The molecule has 0 aromatic heterocycles. The lowest BCUT2D eigenvalue weighted by Crippen LogP contribution is -1.92. The predicted molar refractivity (Wildman–Crippen MR) is 46.6 cm³/mol. The van der Waals surface area contributed by atoms with E-state index >= 15 is 0 Å². The van der Waals surface area contributed by atoms with Gasteiger partial charge in [0.2, 0.25) is 0 Å². The van der Waals surface area contributed by atoms with Crippen LogP contribution in [-0.4, -0.2) is 5.71 Å². The summed E-state index contributed by atoms with van der Waals surface area (Å²) in [7, 11) is 0. The molecule has 1 heteroatoms. The molecule has 0 aliphatic carbocycles. The Labute approximate surface area is 63.0 Å². The first-order valence-corrected chi connectivity index (χ1v) is 3.45. The van der Waals surface area contributed by atoms with Crippen molar-refractivity contribution in [3.63, 3.8) is 0 Å². The molecule has 0 rings (SSSR count). The van der Waals surface area contributed by atoms with Gasteiger partial charge in [0.1, 0.15) is 0 Å². The molecule has 0 radical (unpaired) electrons. The van der Waals surface area contributed by atoms with E-state index in [1.165, 1.54) is 5.57 Å². The summed E-state index contributed by atoms with van der Waals surface area (Å²) in [5.41, 5.74) is 2.89. The van der Waals surface area contributed by atoms with E-state index in [9.17, 15) is 0 Å². The van der Waals surface area contributed by atoms with E-state index in [2.05, 4.69) is 0 Å². The highest BCUT2D eigenvalue weighted by molar-refractivity contribution is 5.96. The van der Waals surface area contributed by atoms with E-state index in [0.717, 1.165) is 5.57 Å². The van der Waals surface area contributed by atoms with Gasteiger partial charge in [0.15, 0.2) is 0 Å². The first-order valence-electron chi connectivity index (χ1n) is 3.45. The minimum absolute atomic E-state index is 0.649. The summed E-state index contributed by atoms with van der Waals surface area (Å²) in [5, 5.41) is 7.32. The van der Waals surface area contributed by atoms with Crippen LogP contribution >= 0.6 is 0 Å². The largest absolute Gasteiger partial charge is 0.305 e. The fourth-order valence-corrected chi connectivity index (χ4v) is 0.671. The molecule has 0 aromatic rings. The highest BCUT2D eigenvalue weighted by atomic mass is 14.4. The number of hydrogen-bond acceptors (Lipinski definition) is 1. The Bertz CT molecular complexity index is 185.